The van der Waals surface area contributed by atoms with Crippen molar-refractivity contribution in [3.63, 3.8) is 0 Å². The Morgan fingerprint density at radius 3 is 2.78 bits per heavy atom. The number of aromatic nitrogens is 2. The minimum absolute atomic E-state index is 0.0572. The Morgan fingerprint density at radius 2 is 2.22 bits per heavy atom. The minimum Gasteiger partial charge on any atom is -0.362 e. The summed E-state index contributed by atoms with van der Waals surface area (Å²) in [4.78, 5) is 10.5. The number of rotatable bonds is 5. The van der Waals surface area contributed by atoms with E-state index in [4.69, 9.17) is 0 Å². The van der Waals surface area contributed by atoms with Crippen molar-refractivity contribution in [1.29, 1.82) is 0 Å². The average Bonchev–Trinajstić information content (AvgIpc) is 2.93. The maximum atomic E-state index is 10.9. The topological polar surface area (TPSA) is 73.0 Å². The normalized spacial score (nSPS) is 17.9. The molecule has 0 unspecified atom stereocenters. The summed E-state index contributed by atoms with van der Waals surface area (Å²) in [5.41, 5.74) is 0.354. The Kier molecular flexibility index (Phi) is 3.54. The molecular weight excluding hydrogens is 232 g/mol. The van der Waals surface area contributed by atoms with E-state index in [0.29, 0.717) is 11.2 Å². The van der Waals surface area contributed by atoms with Crippen LogP contribution in [-0.4, -0.2) is 21.2 Å². The van der Waals surface area contributed by atoms with Gasteiger partial charge in [0.1, 0.15) is 6.20 Å². The summed E-state index contributed by atoms with van der Waals surface area (Å²) >= 11 is 0. The fraction of sp³-hybridized carbons (Fsp3) is 0.750. The van der Waals surface area contributed by atoms with Gasteiger partial charge in [0.25, 0.3) is 0 Å². The molecule has 0 aromatic carbocycles. The molecule has 1 aliphatic carbocycles. The van der Waals surface area contributed by atoms with Crippen molar-refractivity contribution in [1.82, 2.24) is 9.78 Å². The molecule has 6 nitrogen and oxygen atoms in total. The molecule has 18 heavy (non-hydrogen) atoms. The molecule has 1 aromatic heterocycles. The fourth-order valence-corrected chi connectivity index (χ4v) is 2.79. The number of anilines is 1. The van der Waals surface area contributed by atoms with E-state index in [1.165, 1.54) is 36.6 Å². The van der Waals surface area contributed by atoms with Gasteiger partial charge in [0, 0.05) is 13.6 Å². The first-order valence-corrected chi connectivity index (χ1v) is 6.48. The number of nitro groups is 1. The van der Waals surface area contributed by atoms with Crippen LogP contribution < -0.4 is 5.32 Å². The highest BCUT2D eigenvalue weighted by Crippen LogP contribution is 2.41. The lowest BCUT2D eigenvalue weighted by Gasteiger charge is -2.27. The van der Waals surface area contributed by atoms with E-state index in [1.54, 1.807) is 7.05 Å². The van der Waals surface area contributed by atoms with Gasteiger partial charge in [-0.3, -0.25) is 14.8 Å². The summed E-state index contributed by atoms with van der Waals surface area (Å²) in [6, 6.07) is 0. The Bertz CT molecular complexity index is 435. The molecule has 6 heteroatoms. The summed E-state index contributed by atoms with van der Waals surface area (Å²) in [6.07, 6.45) is 7.49. The monoisotopic (exact) mass is 252 g/mol. The Morgan fingerprint density at radius 1 is 1.56 bits per heavy atom. The number of hydrogen-bond donors (Lipinski definition) is 1. The van der Waals surface area contributed by atoms with Crippen LogP contribution in [-0.2, 0) is 7.05 Å². The van der Waals surface area contributed by atoms with Crippen LogP contribution in [0.4, 0.5) is 11.5 Å². The number of nitrogens with one attached hydrogen (secondary N) is 1. The van der Waals surface area contributed by atoms with Crippen LogP contribution in [0.3, 0.4) is 0 Å². The molecule has 0 saturated heterocycles. The third kappa shape index (κ3) is 2.47. The molecule has 1 saturated carbocycles. The Labute approximate surface area is 107 Å². The molecule has 1 N–H and O–H groups in total. The van der Waals surface area contributed by atoms with Crippen molar-refractivity contribution in [2.45, 2.75) is 39.0 Å². The zero-order valence-corrected chi connectivity index (χ0v) is 11.0. The van der Waals surface area contributed by atoms with E-state index in [9.17, 15) is 10.1 Å². The lowest BCUT2D eigenvalue weighted by molar-refractivity contribution is -0.384. The zero-order chi connectivity index (χ0) is 13.2. The van der Waals surface area contributed by atoms with E-state index in [2.05, 4.69) is 17.3 Å². The molecule has 0 amide bonds. The van der Waals surface area contributed by atoms with E-state index in [0.717, 1.165) is 13.0 Å². The smallest absolute Gasteiger partial charge is 0.330 e. The highest BCUT2D eigenvalue weighted by molar-refractivity contribution is 5.54. The molecule has 0 spiro atoms. The van der Waals surface area contributed by atoms with Crippen molar-refractivity contribution < 1.29 is 4.92 Å². The average molecular weight is 252 g/mol. The lowest BCUT2D eigenvalue weighted by atomic mass is 9.83. The molecule has 0 aliphatic heterocycles. The van der Waals surface area contributed by atoms with Crippen molar-refractivity contribution in [2.24, 2.45) is 12.5 Å². The molecule has 1 aliphatic rings. The van der Waals surface area contributed by atoms with Crippen LogP contribution in [0.5, 0.6) is 0 Å². The molecule has 0 bridgehead atoms. The standard InChI is InChI=1S/C12H20N4O2/c1-3-12(6-4-5-7-12)9-13-11-10(16(17)18)8-15(2)14-11/h8H,3-7,9H2,1-2H3,(H,13,14). The second-order valence-electron chi connectivity index (χ2n) is 5.21. The largest absolute Gasteiger partial charge is 0.362 e. The van der Waals surface area contributed by atoms with Crippen LogP contribution in [0.15, 0.2) is 6.20 Å². The van der Waals surface area contributed by atoms with Gasteiger partial charge >= 0.3 is 5.69 Å². The quantitative estimate of drug-likeness (QED) is 0.646. The van der Waals surface area contributed by atoms with Crippen LogP contribution in [0, 0.1) is 15.5 Å². The maximum Gasteiger partial charge on any atom is 0.330 e. The van der Waals surface area contributed by atoms with Crippen LogP contribution >= 0.6 is 0 Å². The summed E-state index contributed by atoms with van der Waals surface area (Å²) < 4.78 is 1.48. The van der Waals surface area contributed by atoms with E-state index in [1.807, 2.05) is 0 Å². The summed E-state index contributed by atoms with van der Waals surface area (Å²) in [5, 5.41) is 18.2. The summed E-state index contributed by atoms with van der Waals surface area (Å²) in [5.74, 6) is 0.391. The van der Waals surface area contributed by atoms with Gasteiger partial charge in [-0.1, -0.05) is 19.8 Å². The summed E-state index contributed by atoms with van der Waals surface area (Å²) in [6.45, 7) is 2.97. The fourth-order valence-electron chi connectivity index (χ4n) is 2.79. The van der Waals surface area contributed by atoms with Crippen molar-refractivity contribution in [3.05, 3.63) is 16.3 Å². The first-order valence-electron chi connectivity index (χ1n) is 6.48. The summed E-state index contributed by atoms with van der Waals surface area (Å²) in [7, 11) is 1.70. The molecule has 1 aromatic rings. The third-order valence-corrected chi connectivity index (χ3v) is 4.05. The first-order chi connectivity index (χ1) is 8.56. The van der Waals surface area contributed by atoms with E-state index >= 15 is 0 Å². The van der Waals surface area contributed by atoms with Gasteiger partial charge < -0.3 is 5.32 Å². The van der Waals surface area contributed by atoms with Gasteiger partial charge in [-0.15, -0.1) is 5.10 Å². The van der Waals surface area contributed by atoms with Gasteiger partial charge in [-0.25, -0.2) is 0 Å². The van der Waals surface area contributed by atoms with Crippen molar-refractivity contribution in [3.8, 4) is 0 Å². The van der Waals surface area contributed by atoms with Crippen molar-refractivity contribution in [2.75, 3.05) is 11.9 Å². The van der Waals surface area contributed by atoms with Gasteiger partial charge in [0.15, 0.2) is 0 Å². The SMILES string of the molecule is CCC1(CNc2nn(C)cc2[N+](=O)[O-])CCCC1. The predicted octanol–water partition coefficient (Wildman–Crippen LogP) is 2.71. The second-order valence-corrected chi connectivity index (χ2v) is 5.21. The third-order valence-electron chi connectivity index (χ3n) is 4.05. The maximum absolute atomic E-state index is 10.9. The number of hydrogen-bond acceptors (Lipinski definition) is 4. The number of aryl methyl sites for hydroxylation is 1. The van der Waals surface area contributed by atoms with Gasteiger partial charge in [-0.05, 0) is 24.7 Å². The highest BCUT2D eigenvalue weighted by Gasteiger charge is 2.32. The second kappa shape index (κ2) is 4.96. The van der Waals surface area contributed by atoms with Crippen LogP contribution in [0.2, 0.25) is 0 Å². The minimum atomic E-state index is -0.386. The predicted molar refractivity (Wildman–Crippen MR) is 69.5 cm³/mol. The van der Waals surface area contributed by atoms with E-state index < -0.39 is 0 Å². The molecule has 0 radical (unpaired) electrons. The molecule has 1 heterocycles. The van der Waals surface area contributed by atoms with Crippen LogP contribution in [0.1, 0.15) is 39.0 Å². The van der Waals surface area contributed by atoms with E-state index in [-0.39, 0.29) is 10.6 Å². The van der Waals surface area contributed by atoms with Gasteiger partial charge in [0.05, 0.1) is 4.92 Å². The molecular formula is C12H20N4O2. The van der Waals surface area contributed by atoms with Gasteiger partial charge in [-0.2, -0.15) is 0 Å². The molecule has 0 atom stereocenters. The van der Waals surface area contributed by atoms with Gasteiger partial charge in [0.2, 0.25) is 5.82 Å². The van der Waals surface area contributed by atoms with Crippen molar-refractivity contribution >= 4 is 11.5 Å². The zero-order valence-electron chi connectivity index (χ0n) is 11.0. The molecule has 1 fully saturated rings. The molecule has 100 valence electrons. The molecule has 2 rings (SSSR count). The Balaban J connectivity index is 2.07. The highest BCUT2D eigenvalue weighted by atomic mass is 16.6. The first kappa shape index (κ1) is 12.9. The Hall–Kier alpha value is -1.59. The lowest BCUT2D eigenvalue weighted by Crippen LogP contribution is -2.26. The van der Waals surface area contributed by atoms with Crippen LogP contribution in [0.25, 0.3) is 0 Å². The number of nitrogens with zero attached hydrogens (tertiary/aromatic N) is 3.